The molecule has 134 valence electrons. The van der Waals surface area contributed by atoms with E-state index in [1.54, 1.807) is 34.4 Å². The van der Waals surface area contributed by atoms with Crippen LogP contribution >= 0.6 is 0 Å². The molecule has 1 saturated heterocycles. The number of aromatic amines is 1. The number of hydrogen-bond acceptors (Lipinski definition) is 6. The Hall–Kier alpha value is -3.23. The molecule has 0 spiro atoms. The second-order valence-corrected chi connectivity index (χ2v) is 6.34. The highest BCUT2D eigenvalue weighted by Gasteiger charge is 2.25. The van der Waals surface area contributed by atoms with Gasteiger partial charge in [-0.3, -0.25) is 14.3 Å². The van der Waals surface area contributed by atoms with E-state index in [2.05, 4.69) is 25.0 Å². The predicted octanol–water partition coefficient (Wildman–Crippen LogP) is 0.856. The van der Waals surface area contributed by atoms with Crippen LogP contribution in [0.4, 0.5) is 5.82 Å². The molecule has 0 saturated carbocycles. The number of nitrogens with zero attached hydrogens (tertiary/aromatic N) is 6. The molecule has 0 aromatic carbocycles. The first-order valence-corrected chi connectivity index (χ1v) is 8.41. The van der Waals surface area contributed by atoms with E-state index < -0.39 is 0 Å². The number of carbonyl (C=O) groups is 2. The minimum atomic E-state index is -0.0913. The SMILES string of the molecule is CC(=O)c1c[nH]c(C(=O)N2CCN(c3ncnc4c3cnn4C)CC2)c1. The maximum absolute atomic E-state index is 12.6. The Morgan fingerprint density at radius 3 is 2.62 bits per heavy atom. The van der Waals surface area contributed by atoms with Crippen molar-refractivity contribution in [2.45, 2.75) is 6.92 Å². The molecule has 3 aromatic rings. The van der Waals surface area contributed by atoms with Crippen molar-refractivity contribution in [3.05, 3.63) is 36.0 Å². The monoisotopic (exact) mass is 353 g/mol. The summed E-state index contributed by atoms with van der Waals surface area (Å²) in [5, 5.41) is 5.15. The van der Waals surface area contributed by atoms with E-state index in [1.807, 2.05) is 7.05 Å². The van der Waals surface area contributed by atoms with Crippen molar-refractivity contribution in [2.75, 3.05) is 31.1 Å². The fourth-order valence-electron chi connectivity index (χ4n) is 3.21. The quantitative estimate of drug-likeness (QED) is 0.701. The Labute approximate surface area is 149 Å². The molecule has 0 radical (unpaired) electrons. The third kappa shape index (κ3) is 2.71. The summed E-state index contributed by atoms with van der Waals surface area (Å²) in [4.78, 5) is 39.5. The summed E-state index contributed by atoms with van der Waals surface area (Å²) in [5.41, 5.74) is 1.75. The van der Waals surface area contributed by atoms with Crippen molar-refractivity contribution in [1.82, 2.24) is 29.6 Å². The molecule has 1 N–H and O–H groups in total. The van der Waals surface area contributed by atoms with Crippen molar-refractivity contribution in [3.63, 3.8) is 0 Å². The summed E-state index contributed by atoms with van der Waals surface area (Å²) >= 11 is 0. The molecule has 9 nitrogen and oxygen atoms in total. The van der Waals surface area contributed by atoms with Gasteiger partial charge in [0.1, 0.15) is 17.8 Å². The first kappa shape index (κ1) is 16.2. The number of fused-ring (bicyclic) bond motifs is 1. The molecule has 1 aliphatic heterocycles. The molecule has 9 heteroatoms. The Morgan fingerprint density at radius 1 is 1.15 bits per heavy atom. The summed E-state index contributed by atoms with van der Waals surface area (Å²) in [6.07, 6.45) is 4.88. The number of nitrogens with one attached hydrogen (secondary N) is 1. The van der Waals surface area contributed by atoms with Gasteiger partial charge in [0.2, 0.25) is 0 Å². The minimum Gasteiger partial charge on any atom is -0.356 e. The molecular formula is C17H19N7O2. The fourth-order valence-corrected chi connectivity index (χ4v) is 3.21. The Morgan fingerprint density at radius 2 is 1.92 bits per heavy atom. The van der Waals surface area contributed by atoms with E-state index in [-0.39, 0.29) is 11.7 Å². The molecule has 4 rings (SSSR count). The number of rotatable bonds is 3. The maximum Gasteiger partial charge on any atom is 0.270 e. The normalized spacial score (nSPS) is 14.8. The van der Waals surface area contributed by atoms with Gasteiger partial charge in [0.25, 0.3) is 5.91 Å². The lowest BCUT2D eigenvalue weighted by atomic mass is 10.2. The van der Waals surface area contributed by atoms with Crippen LogP contribution in [0.25, 0.3) is 11.0 Å². The van der Waals surface area contributed by atoms with Crippen LogP contribution in [0.2, 0.25) is 0 Å². The molecule has 1 fully saturated rings. The van der Waals surface area contributed by atoms with E-state index in [4.69, 9.17) is 0 Å². The summed E-state index contributed by atoms with van der Waals surface area (Å²) in [7, 11) is 1.85. The Balaban J connectivity index is 1.48. The summed E-state index contributed by atoms with van der Waals surface area (Å²) in [6.45, 7) is 4.00. The fraction of sp³-hybridized carbons (Fsp3) is 0.353. The van der Waals surface area contributed by atoms with Gasteiger partial charge in [-0.1, -0.05) is 0 Å². The first-order valence-electron chi connectivity index (χ1n) is 8.41. The van der Waals surface area contributed by atoms with Crippen LogP contribution in [0.3, 0.4) is 0 Å². The lowest BCUT2D eigenvalue weighted by molar-refractivity contribution is 0.0741. The smallest absolute Gasteiger partial charge is 0.270 e. The van der Waals surface area contributed by atoms with Crippen LogP contribution in [0.5, 0.6) is 0 Å². The lowest BCUT2D eigenvalue weighted by Crippen LogP contribution is -2.49. The zero-order chi connectivity index (χ0) is 18.3. The van der Waals surface area contributed by atoms with Gasteiger partial charge in [-0.05, 0) is 13.0 Å². The zero-order valence-corrected chi connectivity index (χ0v) is 14.6. The number of ketones is 1. The summed E-state index contributed by atoms with van der Waals surface area (Å²) < 4.78 is 1.72. The Bertz CT molecular complexity index is 982. The number of piperazine rings is 1. The van der Waals surface area contributed by atoms with Gasteiger partial charge in [-0.15, -0.1) is 0 Å². The third-order valence-electron chi connectivity index (χ3n) is 4.69. The molecule has 1 amide bonds. The summed E-state index contributed by atoms with van der Waals surface area (Å²) in [6, 6.07) is 1.61. The van der Waals surface area contributed by atoms with Crippen molar-refractivity contribution in [1.29, 1.82) is 0 Å². The van der Waals surface area contributed by atoms with Crippen molar-refractivity contribution in [2.24, 2.45) is 7.05 Å². The molecule has 0 atom stereocenters. The van der Waals surface area contributed by atoms with Crippen molar-refractivity contribution in [3.8, 4) is 0 Å². The third-order valence-corrected chi connectivity index (χ3v) is 4.69. The van der Waals surface area contributed by atoms with Crippen LogP contribution in [-0.4, -0.2) is 67.5 Å². The number of aryl methyl sites for hydroxylation is 1. The lowest BCUT2D eigenvalue weighted by Gasteiger charge is -2.35. The number of aromatic nitrogens is 5. The van der Waals surface area contributed by atoms with E-state index in [9.17, 15) is 9.59 Å². The number of anilines is 1. The van der Waals surface area contributed by atoms with E-state index >= 15 is 0 Å². The first-order chi connectivity index (χ1) is 12.5. The van der Waals surface area contributed by atoms with Crippen molar-refractivity contribution < 1.29 is 9.59 Å². The molecule has 1 aliphatic rings. The van der Waals surface area contributed by atoms with Gasteiger partial charge in [0, 0.05) is 45.0 Å². The average Bonchev–Trinajstić information content (AvgIpc) is 3.29. The van der Waals surface area contributed by atoms with Crippen LogP contribution in [0.15, 0.2) is 24.8 Å². The van der Waals surface area contributed by atoms with Gasteiger partial charge in [-0.25, -0.2) is 9.97 Å². The second kappa shape index (κ2) is 6.25. The average molecular weight is 353 g/mol. The number of hydrogen-bond donors (Lipinski definition) is 1. The molecule has 0 aliphatic carbocycles. The van der Waals surface area contributed by atoms with E-state index in [0.717, 1.165) is 16.9 Å². The van der Waals surface area contributed by atoms with Gasteiger partial charge in [0.15, 0.2) is 11.4 Å². The molecular weight excluding hydrogens is 334 g/mol. The standard InChI is InChI=1S/C17H19N7O2/c1-11(25)12-7-14(18-8-12)17(26)24-5-3-23(4-6-24)16-13-9-21-22(2)15(13)19-10-20-16/h7-10,18H,3-6H2,1-2H3. The molecule has 0 bridgehead atoms. The van der Waals surface area contributed by atoms with Crippen molar-refractivity contribution >= 4 is 28.5 Å². The minimum absolute atomic E-state index is 0.0608. The number of Topliss-reactive ketones (excluding diaryl/α,β-unsaturated/α-hetero) is 1. The van der Waals surface area contributed by atoms with Crippen LogP contribution < -0.4 is 4.90 Å². The molecule has 26 heavy (non-hydrogen) atoms. The highest BCUT2D eigenvalue weighted by atomic mass is 16.2. The highest BCUT2D eigenvalue weighted by Crippen LogP contribution is 2.23. The van der Waals surface area contributed by atoms with E-state index in [1.165, 1.54) is 6.92 Å². The molecule has 3 aromatic heterocycles. The van der Waals surface area contributed by atoms with Gasteiger partial charge in [-0.2, -0.15) is 5.10 Å². The maximum atomic E-state index is 12.6. The molecule has 4 heterocycles. The van der Waals surface area contributed by atoms with Gasteiger partial charge < -0.3 is 14.8 Å². The Kier molecular flexibility index (Phi) is 3.90. The largest absolute Gasteiger partial charge is 0.356 e. The topological polar surface area (TPSA) is 100 Å². The zero-order valence-electron chi connectivity index (χ0n) is 14.6. The number of amides is 1. The molecule has 0 unspecified atom stereocenters. The predicted molar refractivity (Wildman–Crippen MR) is 95.2 cm³/mol. The highest BCUT2D eigenvalue weighted by molar-refractivity contribution is 5.99. The van der Waals surface area contributed by atoms with Crippen LogP contribution in [0.1, 0.15) is 27.8 Å². The van der Waals surface area contributed by atoms with Gasteiger partial charge in [0.05, 0.1) is 11.6 Å². The van der Waals surface area contributed by atoms with Crippen LogP contribution in [0, 0.1) is 0 Å². The van der Waals surface area contributed by atoms with Crippen LogP contribution in [-0.2, 0) is 7.05 Å². The van der Waals surface area contributed by atoms with Gasteiger partial charge >= 0.3 is 0 Å². The number of H-pyrrole nitrogens is 1. The van der Waals surface area contributed by atoms with E-state index in [0.29, 0.717) is 37.4 Å². The second-order valence-electron chi connectivity index (χ2n) is 6.34. The summed E-state index contributed by atoms with van der Waals surface area (Å²) in [5.74, 6) is 0.690. The number of carbonyl (C=O) groups excluding carboxylic acids is 2.